The number of amides is 1. The molecule has 4 rings (SSSR count). The molecule has 0 aliphatic carbocycles. The fourth-order valence-electron chi connectivity index (χ4n) is 5.05. The number of hydrogen-bond donors (Lipinski definition) is 5. The standard InChI is InChI=1S/C34H42N4O6S/c1-5-23(2)31(33(41)42)36-32(40)26-14-15-29-24(20-26)16-18-38(29)19-17-34(3,4)35-22-30(39)25-10-9-11-27(21-25)37-45(43,44)28-12-7-6-8-13-28/h6-16,18,20-21,23,30-31,35,37,39H,5,17,19,22H2,1-4H3,(H,36,40)(H,41,42)/t23-,30?,31-/m0/s1. The molecule has 0 bridgehead atoms. The number of aliphatic hydroxyl groups is 1. The van der Waals surface area contributed by atoms with Crippen molar-refractivity contribution < 1.29 is 28.2 Å². The Morgan fingerprint density at radius 2 is 1.71 bits per heavy atom. The van der Waals surface area contributed by atoms with Crippen LogP contribution < -0.4 is 15.4 Å². The van der Waals surface area contributed by atoms with Crippen molar-refractivity contribution in [1.29, 1.82) is 0 Å². The van der Waals surface area contributed by atoms with E-state index in [-0.39, 0.29) is 22.9 Å². The van der Waals surface area contributed by atoms with Crippen LogP contribution in [0, 0.1) is 5.92 Å². The molecule has 0 saturated heterocycles. The minimum atomic E-state index is -3.75. The van der Waals surface area contributed by atoms with E-state index in [4.69, 9.17) is 0 Å². The minimum Gasteiger partial charge on any atom is -0.480 e. The first-order chi connectivity index (χ1) is 21.3. The molecule has 5 N–H and O–H groups in total. The molecule has 45 heavy (non-hydrogen) atoms. The minimum absolute atomic E-state index is 0.159. The summed E-state index contributed by atoms with van der Waals surface area (Å²) >= 11 is 0. The van der Waals surface area contributed by atoms with Crippen LogP contribution in [0.4, 0.5) is 5.69 Å². The Balaban J connectivity index is 1.34. The lowest BCUT2D eigenvalue weighted by Crippen LogP contribution is -2.45. The van der Waals surface area contributed by atoms with Crippen LogP contribution in [0.5, 0.6) is 0 Å². The van der Waals surface area contributed by atoms with E-state index in [9.17, 15) is 28.2 Å². The second kappa shape index (κ2) is 14.3. The number of carboxylic acids is 1. The van der Waals surface area contributed by atoms with E-state index in [1.54, 1.807) is 61.5 Å². The summed E-state index contributed by atoms with van der Waals surface area (Å²) in [4.78, 5) is 24.6. The van der Waals surface area contributed by atoms with Gasteiger partial charge in [0.1, 0.15) is 6.04 Å². The van der Waals surface area contributed by atoms with Gasteiger partial charge in [-0.2, -0.15) is 0 Å². The Bertz CT molecular complexity index is 1740. The monoisotopic (exact) mass is 634 g/mol. The van der Waals surface area contributed by atoms with Crippen LogP contribution in [0.15, 0.2) is 90.0 Å². The van der Waals surface area contributed by atoms with E-state index in [1.807, 2.05) is 25.3 Å². The Labute approximate surface area is 264 Å². The molecule has 4 aromatic rings. The number of carbonyl (C=O) groups excluding carboxylic acids is 1. The maximum absolute atomic E-state index is 12.8. The van der Waals surface area contributed by atoms with E-state index >= 15 is 0 Å². The van der Waals surface area contributed by atoms with Gasteiger partial charge in [0.25, 0.3) is 15.9 Å². The summed E-state index contributed by atoms with van der Waals surface area (Å²) in [5.41, 5.74) is 1.97. The molecular weight excluding hydrogens is 592 g/mol. The van der Waals surface area contributed by atoms with Gasteiger partial charge in [0.05, 0.1) is 11.0 Å². The summed E-state index contributed by atoms with van der Waals surface area (Å²) in [6.07, 6.45) is 2.47. The number of hydrogen-bond acceptors (Lipinski definition) is 6. The zero-order valence-corrected chi connectivity index (χ0v) is 26.8. The Hall–Kier alpha value is -4.19. The molecule has 0 radical (unpaired) electrons. The third-order valence-electron chi connectivity index (χ3n) is 8.13. The molecule has 0 aliphatic heterocycles. The van der Waals surface area contributed by atoms with Gasteiger partial charge in [0, 0.05) is 47.0 Å². The van der Waals surface area contributed by atoms with Crippen LogP contribution >= 0.6 is 0 Å². The highest BCUT2D eigenvalue weighted by atomic mass is 32.2. The average molecular weight is 635 g/mol. The van der Waals surface area contributed by atoms with Crippen LogP contribution in [0.25, 0.3) is 10.9 Å². The number of aliphatic carboxylic acids is 1. The number of nitrogens with zero attached hydrogens (tertiary/aromatic N) is 1. The van der Waals surface area contributed by atoms with E-state index in [0.29, 0.717) is 29.8 Å². The molecule has 1 aromatic heterocycles. The van der Waals surface area contributed by atoms with Crippen molar-refractivity contribution >= 4 is 38.5 Å². The highest BCUT2D eigenvalue weighted by Crippen LogP contribution is 2.23. The summed E-state index contributed by atoms with van der Waals surface area (Å²) in [6, 6.07) is 21.2. The number of nitrogens with one attached hydrogen (secondary N) is 3. The number of aromatic nitrogens is 1. The van der Waals surface area contributed by atoms with E-state index in [1.165, 1.54) is 12.1 Å². The second-order valence-electron chi connectivity index (χ2n) is 12.0. The predicted molar refractivity (Wildman–Crippen MR) is 176 cm³/mol. The van der Waals surface area contributed by atoms with Crippen molar-refractivity contribution in [3.63, 3.8) is 0 Å². The number of β-amino-alcohol motifs (C(OH)–C–C–N with tert-alkyl or cyclic N) is 1. The van der Waals surface area contributed by atoms with Gasteiger partial charge in [-0.1, -0.05) is 50.6 Å². The first-order valence-electron chi connectivity index (χ1n) is 15.0. The van der Waals surface area contributed by atoms with Gasteiger partial charge in [0.15, 0.2) is 0 Å². The summed E-state index contributed by atoms with van der Waals surface area (Å²) < 4.78 is 30.1. The molecular formula is C34H42N4O6S. The summed E-state index contributed by atoms with van der Waals surface area (Å²) in [5, 5.41) is 27.4. The molecule has 3 atom stereocenters. The van der Waals surface area contributed by atoms with Crippen LogP contribution in [0.2, 0.25) is 0 Å². The Morgan fingerprint density at radius 1 is 0.978 bits per heavy atom. The number of anilines is 1. The van der Waals surface area contributed by atoms with Gasteiger partial charge in [0.2, 0.25) is 0 Å². The SMILES string of the molecule is CC[C@H](C)[C@H](NC(=O)c1ccc2c(ccn2CCC(C)(C)NCC(O)c2cccc(NS(=O)(=O)c3ccccc3)c2)c1)C(=O)O. The van der Waals surface area contributed by atoms with Crippen molar-refractivity contribution in [2.24, 2.45) is 5.92 Å². The van der Waals surface area contributed by atoms with E-state index in [0.717, 1.165) is 17.3 Å². The van der Waals surface area contributed by atoms with Crippen LogP contribution in [-0.4, -0.2) is 53.2 Å². The topological polar surface area (TPSA) is 150 Å². The lowest BCUT2D eigenvalue weighted by Gasteiger charge is -2.28. The largest absolute Gasteiger partial charge is 0.480 e. The number of rotatable bonds is 15. The van der Waals surface area contributed by atoms with Gasteiger partial charge < -0.3 is 25.4 Å². The molecule has 1 amide bonds. The number of carbonyl (C=O) groups is 2. The van der Waals surface area contributed by atoms with E-state index in [2.05, 4.69) is 33.8 Å². The molecule has 0 aliphatic rings. The number of carboxylic acid groups (broad SMARTS) is 1. The lowest BCUT2D eigenvalue weighted by molar-refractivity contribution is -0.140. The average Bonchev–Trinajstić information content (AvgIpc) is 3.43. The number of sulfonamides is 1. The van der Waals surface area contributed by atoms with Crippen molar-refractivity contribution in [2.75, 3.05) is 11.3 Å². The lowest BCUT2D eigenvalue weighted by atomic mass is 9.98. The van der Waals surface area contributed by atoms with E-state index < -0.39 is 34.0 Å². The molecule has 240 valence electrons. The highest BCUT2D eigenvalue weighted by molar-refractivity contribution is 7.92. The quantitative estimate of drug-likeness (QED) is 0.121. The van der Waals surface area contributed by atoms with Gasteiger partial charge in [-0.15, -0.1) is 0 Å². The van der Waals surface area contributed by atoms with Gasteiger partial charge in [-0.05, 0) is 80.3 Å². The first-order valence-corrected chi connectivity index (χ1v) is 16.5. The Kier molecular flexibility index (Phi) is 10.7. The first kappa shape index (κ1) is 33.7. The summed E-state index contributed by atoms with van der Waals surface area (Å²) in [6.45, 7) is 8.74. The predicted octanol–water partition coefficient (Wildman–Crippen LogP) is 5.16. The zero-order valence-electron chi connectivity index (χ0n) is 26.0. The van der Waals surface area contributed by atoms with Crippen molar-refractivity contribution in [3.05, 3.63) is 96.2 Å². The van der Waals surface area contributed by atoms with Gasteiger partial charge in [-0.25, -0.2) is 13.2 Å². The second-order valence-corrected chi connectivity index (χ2v) is 13.7. The summed E-state index contributed by atoms with van der Waals surface area (Å²) in [5.74, 6) is -1.66. The van der Waals surface area contributed by atoms with Crippen molar-refractivity contribution in [2.45, 2.75) is 69.7 Å². The molecule has 1 unspecified atom stereocenters. The highest BCUT2D eigenvalue weighted by Gasteiger charge is 2.26. The van der Waals surface area contributed by atoms with Gasteiger partial charge >= 0.3 is 5.97 Å². The maximum atomic E-state index is 12.8. The summed E-state index contributed by atoms with van der Waals surface area (Å²) in [7, 11) is -3.75. The fourth-order valence-corrected chi connectivity index (χ4v) is 6.12. The van der Waals surface area contributed by atoms with Crippen LogP contribution in [-0.2, 0) is 21.4 Å². The molecule has 10 nitrogen and oxygen atoms in total. The Morgan fingerprint density at radius 3 is 2.40 bits per heavy atom. The molecule has 0 spiro atoms. The number of aliphatic hydroxyl groups excluding tert-OH is 1. The number of benzene rings is 3. The third-order valence-corrected chi connectivity index (χ3v) is 9.52. The molecule has 0 fully saturated rings. The molecule has 3 aromatic carbocycles. The fraction of sp³-hybridized carbons (Fsp3) is 0.353. The van der Waals surface area contributed by atoms with Crippen molar-refractivity contribution in [3.8, 4) is 0 Å². The van der Waals surface area contributed by atoms with Crippen LogP contribution in [0.1, 0.15) is 62.6 Å². The van der Waals surface area contributed by atoms with Crippen LogP contribution in [0.3, 0.4) is 0 Å². The van der Waals surface area contributed by atoms with Crippen molar-refractivity contribution in [1.82, 2.24) is 15.2 Å². The number of fused-ring (bicyclic) bond motifs is 1. The smallest absolute Gasteiger partial charge is 0.326 e. The third kappa shape index (κ3) is 8.72. The molecule has 1 heterocycles. The van der Waals surface area contributed by atoms with Gasteiger partial charge in [-0.3, -0.25) is 9.52 Å². The normalized spacial score (nSPS) is 14.1. The molecule has 11 heteroatoms. The molecule has 0 saturated carbocycles. The number of aryl methyl sites for hydroxylation is 1. The zero-order chi connectivity index (χ0) is 32.8. The maximum Gasteiger partial charge on any atom is 0.326 e.